The van der Waals surface area contributed by atoms with Gasteiger partial charge in [0.15, 0.2) is 0 Å². The molecular formula is C11H28O4. The molecule has 0 bridgehead atoms. The van der Waals surface area contributed by atoms with E-state index in [-0.39, 0.29) is 12.7 Å². The van der Waals surface area contributed by atoms with Gasteiger partial charge in [0, 0.05) is 12.7 Å². The first-order valence-electron chi connectivity index (χ1n) is 5.48. The van der Waals surface area contributed by atoms with Gasteiger partial charge in [0.25, 0.3) is 0 Å². The van der Waals surface area contributed by atoms with Crippen LogP contribution < -0.4 is 0 Å². The average Bonchev–Trinajstić information content (AvgIpc) is 2.04. The monoisotopic (exact) mass is 224 g/mol. The molecule has 0 saturated heterocycles. The number of rotatable bonds is 3. The van der Waals surface area contributed by atoms with E-state index in [1.165, 1.54) is 0 Å². The summed E-state index contributed by atoms with van der Waals surface area (Å²) in [6.07, 6.45) is 0.346. The van der Waals surface area contributed by atoms with Crippen molar-refractivity contribution < 1.29 is 20.4 Å². The zero-order valence-corrected chi connectivity index (χ0v) is 10.6. The first kappa shape index (κ1) is 20.3. The van der Waals surface area contributed by atoms with Gasteiger partial charge in [-0.15, -0.1) is 0 Å². The Morgan fingerprint density at radius 2 is 1.20 bits per heavy atom. The molecule has 0 radical (unpaired) electrons. The Morgan fingerprint density at radius 1 is 0.933 bits per heavy atom. The Labute approximate surface area is 93.6 Å². The molecule has 0 heterocycles. The molecule has 2 atom stereocenters. The maximum absolute atomic E-state index is 8.88. The SMILES string of the molecule is CC(C)O.CCCC(O)C(C)O.CCO. The van der Waals surface area contributed by atoms with Gasteiger partial charge in [0.05, 0.1) is 12.2 Å². The van der Waals surface area contributed by atoms with E-state index in [1.807, 2.05) is 6.92 Å². The third kappa shape index (κ3) is 41.5. The Kier molecular flexibility index (Phi) is 22.0. The van der Waals surface area contributed by atoms with Crippen molar-refractivity contribution in [1.82, 2.24) is 0 Å². The summed E-state index contributed by atoms with van der Waals surface area (Å²) in [6, 6.07) is 0. The summed E-state index contributed by atoms with van der Waals surface area (Å²) in [5.41, 5.74) is 0. The van der Waals surface area contributed by atoms with Crippen LogP contribution in [0, 0.1) is 0 Å². The van der Waals surface area contributed by atoms with Gasteiger partial charge < -0.3 is 20.4 Å². The lowest BCUT2D eigenvalue weighted by Crippen LogP contribution is -2.21. The fourth-order valence-corrected chi connectivity index (χ4v) is 0.537. The molecule has 0 aliphatic heterocycles. The second-order valence-electron chi connectivity index (χ2n) is 3.51. The van der Waals surface area contributed by atoms with E-state index in [4.69, 9.17) is 20.4 Å². The Bertz CT molecular complexity index is 91.8. The van der Waals surface area contributed by atoms with Gasteiger partial charge in [0.2, 0.25) is 0 Å². The first-order chi connectivity index (χ1) is 6.83. The molecule has 15 heavy (non-hydrogen) atoms. The number of aliphatic hydroxyl groups excluding tert-OH is 4. The minimum Gasteiger partial charge on any atom is -0.397 e. The van der Waals surface area contributed by atoms with Crippen molar-refractivity contribution in [2.24, 2.45) is 0 Å². The molecule has 0 aliphatic rings. The molecule has 0 aliphatic carbocycles. The standard InChI is InChI=1S/C6H14O2.C3H8O.C2H6O/c1-3-4-6(8)5(2)7;1-3(2)4;1-2-3/h5-8H,3-4H2,1-2H3;3-4H,1-2H3;3H,2H2,1H3. The highest BCUT2D eigenvalue weighted by Crippen LogP contribution is 1.99. The Morgan fingerprint density at radius 3 is 1.27 bits per heavy atom. The molecule has 0 saturated carbocycles. The van der Waals surface area contributed by atoms with Crippen molar-refractivity contribution in [2.45, 2.75) is 65.8 Å². The van der Waals surface area contributed by atoms with E-state index in [0.717, 1.165) is 6.42 Å². The van der Waals surface area contributed by atoms with Gasteiger partial charge in [-0.2, -0.15) is 0 Å². The minimum atomic E-state index is -0.574. The van der Waals surface area contributed by atoms with Gasteiger partial charge in [-0.25, -0.2) is 0 Å². The molecule has 0 aromatic rings. The van der Waals surface area contributed by atoms with E-state index in [0.29, 0.717) is 6.42 Å². The summed E-state index contributed by atoms with van der Waals surface area (Å²) in [6.45, 7) is 8.95. The molecule has 0 spiro atoms. The maximum Gasteiger partial charge on any atom is 0.0796 e. The third-order valence-corrected chi connectivity index (χ3v) is 1.14. The van der Waals surface area contributed by atoms with Crippen LogP contribution in [0.4, 0.5) is 0 Å². The highest BCUT2D eigenvalue weighted by atomic mass is 16.3. The lowest BCUT2D eigenvalue weighted by atomic mass is 10.1. The minimum absolute atomic E-state index is 0.167. The lowest BCUT2D eigenvalue weighted by molar-refractivity contribution is 0.0259. The second-order valence-corrected chi connectivity index (χ2v) is 3.51. The van der Waals surface area contributed by atoms with Crippen LogP contribution in [0.1, 0.15) is 47.5 Å². The number of aliphatic hydroxyl groups is 4. The quantitative estimate of drug-likeness (QED) is 0.574. The fourth-order valence-electron chi connectivity index (χ4n) is 0.537. The maximum atomic E-state index is 8.88. The molecule has 0 fully saturated rings. The van der Waals surface area contributed by atoms with Gasteiger partial charge in [-0.3, -0.25) is 0 Å². The average molecular weight is 224 g/mol. The van der Waals surface area contributed by atoms with E-state index in [2.05, 4.69) is 0 Å². The summed E-state index contributed by atoms with van der Waals surface area (Å²) >= 11 is 0. The van der Waals surface area contributed by atoms with Crippen LogP contribution in [0.5, 0.6) is 0 Å². The second kappa shape index (κ2) is 16.3. The Balaban J connectivity index is -0.000000173. The Hall–Kier alpha value is -0.160. The van der Waals surface area contributed by atoms with Gasteiger partial charge >= 0.3 is 0 Å². The molecule has 0 aromatic heterocycles. The van der Waals surface area contributed by atoms with Crippen molar-refractivity contribution in [3.05, 3.63) is 0 Å². The molecule has 0 aromatic carbocycles. The largest absolute Gasteiger partial charge is 0.397 e. The molecule has 4 heteroatoms. The third-order valence-electron chi connectivity index (χ3n) is 1.14. The van der Waals surface area contributed by atoms with E-state index < -0.39 is 12.2 Å². The van der Waals surface area contributed by atoms with Crippen molar-refractivity contribution in [3.63, 3.8) is 0 Å². The van der Waals surface area contributed by atoms with Crippen molar-refractivity contribution in [1.29, 1.82) is 0 Å². The highest BCUT2D eigenvalue weighted by molar-refractivity contribution is 4.59. The topological polar surface area (TPSA) is 80.9 Å². The van der Waals surface area contributed by atoms with Crippen molar-refractivity contribution in [3.8, 4) is 0 Å². The zero-order chi connectivity index (χ0) is 12.9. The van der Waals surface area contributed by atoms with Crippen LogP contribution in [0.2, 0.25) is 0 Å². The van der Waals surface area contributed by atoms with Crippen LogP contribution in [-0.4, -0.2) is 45.3 Å². The van der Waals surface area contributed by atoms with Crippen LogP contribution in [0.3, 0.4) is 0 Å². The summed E-state index contributed by atoms with van der Waals surface area (Å²) in [5, 5.41) is 33.2. The summed E-state index contributed by atoms with van der Waals surface area (Å²) in [4.78, 5) is 0. The van der Waals surface area contributed by atoms with Gasteiger partial charge in [-0.1, -0.05) is 13.3 Å². The van der Waals surface area contributed by atoms with Crippen LogP contribution in [0.25, 0.3) is 0 Å². The van der Waals surface area contributed by atoms with Crippen molar-refractivity contribution >= 4 is 0 Å². The summed E-state index contributed by atoms with van der Waals surface area (Å²) < 4.78 is 0. The van der Waals surface area contributed by atoms with E-state index in [9.17, 15) is 0 Å². The smallest absolute Gasteiger partial charge is 0.0796 e. The molecule has 4 nitrogen and oxygen atoms in total. The van der Waals surface area contributed by atoms with Crippen LogP contribution in [-0.2, 0) is 0 Å². The normalized spacial score (nSPS) is 13.2. The van der Waals surface area contributed by atoms with E-state index in [1.54, 1.807) is 27.7 Å². The number of hydrogen-bond acceptors (Lipinski definition) is 4. The molecule has 4 N–H and O–H groups in total. The predicted molar refractivity (Wildman–Crippen MR) is 62.7 cm³/mol. The predicted octanol–water partition coefficient (Wildman–Crippen LogP) is 0.914. The van der Waals surface area contributed by atoms with E-state index >= 15 is 0 Å². The molecule has 96 valence electrons. The number of hydrogen-bond donors (Lipinski definition) is 4. The van der Waals surface area contributed by atoms with Crippen LogP contribution >= 0.6 is 0 Å². The zero-order valence-electron chi connectivity index (χ0n) is 10.6. The van der Waals surface area contributed by atoms with Gasteiger partial charge in [-0.05, 0) is 34.1 Å². The summed E-state index contributed by atoms with van der Waals surface area (Å²) in [5.74, 6) is 0. The molecule has 0 rings (SSSR count). The molecule has 0 amide bonds. The summed E-state index contributed by atoms with van der Waals surface area (Å²) in [7, 11) is 0. The molecular weight excluding hydrogens is 196 g/mol. The van der Waals surface area contributed by atoms with Crippen LogP contribution in [0.15, 0.2) is 0 Å². The van der Waals surface area contributed by atoms with Gasteiger partial charge in [0.1, 0.15) is 0 Å². The van der Waals surface area contributed by atoms with Crippen molar-refractivity contribution in [2.75, 3.05) is 6.61 Å². The molecule has 2 unspecified atom stereocenters. The highest BCUT2D eigenvalue weighted by Gasteiger charge is 2.07. The fraction of sp³-hybridized carbons (Fsp3) is 1.00. The lowest BCUT2D eigenvalue weighted by Gasteiger charge is -2.10. The first-order valence-corrected chi connectivity index (χ1v) is 5.48.